The fraction of sp³-hybridized carbons (Fsp3) is 1.00. The molecule has 0 unspecified atom stereocenters. The molecule has 2 fully saturated rings. The Morgan fingerprint density at radius 1 is 1.14 bits per heavy atom. The van der Waals surface area contributed by atoms with Gasteiger partial charge in [0.1, 0.15) is 0 Å². The Kier molecular flexibility index (Phi) is 3.43. The molecule has 82 valence electrons. The van der Waals surface area contributed by atoms with Crippen molar-refractivity contribution in [2.45, 2.75) is 44.7 Å². The summed E-state index contributed by atoms with van der Waals surface area (Å²) < 4.78 is 10.8. The van der Waals surface area contributed by atoms with Crippen molar-refractivity contribution in [3.05, 3.63) is 0 Å². The monoisotopic (exact) mass is 216 g/mol. The van der Waals surface area contributed by atoms with Crippen molar-refractivity contribution in [3.63, 3.8) is 0 Å². The van der Waals surface area contributed by atoms with Gasteiger partial charge in [0, 0.05) is 12.1 Å². The van der Waals surface area contributed by atoms with Gasteiger partial charge in [-0.2, -0.15) is 0 Å². The fourth-order valence-corrected chi connectivity index (χ4v) is 4.82. The van der Waals surface area contributed by atoms with Crippen molar-refractivity contribution < 1.29 is 4.52 Å². The van der Waals surface area contributed by atoms with Crippen LogP contribution in [0.4, 0.5) is 0 Å². The van der Waals surface area contributed by atoms with E-state index in [4.69, 9.17) is 4.52 Å². The molecule has 0 bridgehead atoms. The van der Waals surface area contributed by atoms with Gasteiger partial charge < -0.3 is 4.52 Å². The van der Waals surface area contributed by atoms with Gasteiger partial charge in [-0.3, -0.25) is 0 Å². The summed E-state index contributed by atoms with van der Waals surface area (Å²) in [6.07, 6.45) is 5.51. The van der Waals surface area contributed by atoms with Gasteiger partial charge >= 0.3 is 0 Å². The van der Waals surface area contributed by atoms with Gasteiger partial charge in [0.25, 0.3) is 0 Å². The number of hydrogen-bond acceptors (Lipinski definition) is 3. The highest BCUT2D eigenvalue weighted by Crippen LogP contribution is 2.55. The lowest BCUT2D eigenvalue weighted by atomic mass is 9.91. The lowest BCUT2D eigenvalue weighted by molar-refractivity contribution is 0.233. The van der Waals surface area contributed by atoms with E-state index in [-0.39, 0.29) is 0 Å². The molecule has 0 aromatic heterocycles. The summed E-state index contributed by atoms with van der Waals surface area (Å²) in [6, 6.07) is 1.51. The molecule has 1 heterocycles. The first kappa shape index (κ1) is 10.8. The molecule has 3 nitrogen and oxygen atoms in total. The van der Waals surface area contributed by atoms with Crippen LogP contribution in [-0.2, 0) is 4.52 Å². The third kappa shape index (κ3) is 1.71. The van der Waals surface area contributed by atoms with Crippen LogP contribution in [0, 0.1) is 0 Å². The Morgan fingerprint density at radius 2 is 1.64 bits per heavy atom. The van der Waals surface area contributed by atoms with E-state index < -0.39 is 8.45 Å². The second-order valence-electron chi connectivity index (χ2n) is 4.24. The minimum Gasteiger partial charge on any atom is -0.332 e. The Balaban J connectivity index is 2.07. The van der Waals surface area contributed by atoms with Crippen LogP contribution in [0.15, 0.2) is 0 Å². The van der Waals surface area contributed by atoms with Crippen LogP contribution in [0.5, 0.6) is 0 Å². The van der Waals surface area contributed by atoms with E-state index in [0.717, 1.165) is 18.7 Å². The van der Waals surface area contributed by atoms with Gasteiger partial charge in [-0.15, -0.1) is 0 Å². The molecular formula is C10H21N2OP. The molecule has 0 aromatic carbocycles. The minimum atomic E-state index is -0.451. The van der Waals surface area contributed by atoms with Crippen LogP contribution in [-0.4, -0.2) is 42.1 Å². The summed E-state index contributed by atoms with van der Waals surface area (Å²) in [5, 5.41) is 0. The first-order valence-corrected chi connectivity index (χ1v) is 6.80. The molecule has 0 aromatic rings. The number of hydrogen-bond donors (Lipinski definition) is 0. The molecular weight excluding hydrogens is 195 g/mol. The predicted octanol–water partition coefficient (Wildman–Crippen LogP) is 2.44. The number of likely N-dealkylation sites (N-methyl/N-ethyl adjacent to an activating group) is 2. The summed E-state index contributed by atoms with van der Waals surface area (Å²) in [5.41, 5.74) is 0. The van der Waals surface area contributed by atoms with Crippen molar-refractivity contribution in [2.24, 2.45) is 0 Å². The molecule has 0 amide bonds. The highest BCUT2D eigenvalue weighted by molar-refractivity contribution is 7.47. The van der Waals surface area contributed by atoms with E-state index in [9.17, 15) is 0 Å². The van der Waals surface area contributed by atoms with Crippen LogP contribution in [0.3, 0.4) is 0 Å². The van der Waals surface area contributed by atoms with Gasteiger partial charge in [-0.05, 0) is 33.9 Å². The number of rotatable bonds is 2. The molecule has 1 saturated carbocycles. The second kappa shape index (κ2) is 4.44. The van der Waals surface area contributed by atoms with E-state index in [2.05, 4.69) is 30.4 Å². The van der Waals surface area contributed by atoms with Crippen LogP contribution < -0.4 is 0 Å². The van der Waals surface area contributed by atoms with Crippen LogP contribution in [0.2, 0.25) is 0 Å². The molecule has 1 aliphatic heterocycles. The lowest BCUT2D eigenvalue weighted by Crippen LogP contribution is -2.37. The molecule has 1 saturated heterocycles. The SMILES string of the molecule is CCOP1N(C)[C@@H]2CCCC[C@H]2N1C. The van der Waals surface area contributed by atoms with Gasteiger partial charge in [0.2, 0.25) is 0 Å². The molecule has 2 atom stereocenters. The molecule has 2 aliphatic rings. The maximum Gasteiger partial charge on any atom is 0.188 e. The average molecular weight is 216 g/mol. The van der Waals surface area contributed by atoms with E-state index in [1.807, 2.05) is 0 Å². The van der Waals surface area contributed by atoms with Gasteiger partial charge in [0.15, 0.2) is 8.45 Å². The number of nitrogens with zero attached hydrogens (tertiary/aromatic N) is 2. The Hall–Kier alpha value is 0.310. The van der Waals surface area contributed by atoms with E-state index in [0.29, 0.717) is 0 Å². The van der Waals surface area contributed by atoms with Crippen LogP contribution in [0.1, 0.15) is 32.6 Å². The maximum absolute atomic E-state index is 5.84. The molecule has 14 heavy (non-hydrogen) atoms. The molecule has 0 radical (unpaired) electrons. The zero-order valence-electron chi connectivity index (χ0n) is 9.44. The highest BCUT2D eigenvalue weighted by atomic mass is 31.2. The van der Waals surface area contributed by atoms with Crippen molar-refractivity contribution in [3.8, 4) is 0 Å². The van der Waals surface area contributed by atoms with E-state index in [1.54, 1.807) is 0 Å². The molecule has 4 heteroatoms. The number of fused-ring (bicyclic) bond motifs is 1. The normalized spacial score (nSPS) is 36.2. The maximum atomic E-state index is 5.84. The lowest BCUT2D eigenvalue weighted by Gasteiger charge is -2.28. The van der Waals surface area contributed by atoms with Gasteiger partial charge in [-0.1, -0.05) is 12.8 Å². The molecule has 0 spiro atoms. The first-order valence-electron chi connectivity index (χ1n) is 5.64. The highest BCUT2D eigenvalue weighted by Gasteiger charge is 2.45. The quantitative estimate of drug-likeness (QED) is 0.659. The smallest absolute Gasteiger partial charge is 0.188 e. The first-order chi connectivity index (χ1) is 6.75. The average Bonchev–Trinajstić information content (AvgIpc) is 2.45. The van der Waals surface area contributed by atoms with Gasteiger partial charge in [0.05, 0.1) is 6.61 Å². The third-order valence-electron chi connectivity index (χ3n) is 3.44. The van der Waals surface area contributed by atoms with Crippen LogP contribution in [0.25, 0.3) is 0 Å². The Labute approximate surface area is 88.3 Å². The van der Waals surface area contributed by atoms with Crippen molar-refractivity contribution in [2.75, 3.05) is 20.7 Å². The standard InChI is InChI=1S/C10H21N2OP/c1-4-13-14-11(2)9-7-5-6-8-10(9)12(14)3/h9-10H,4-8H2,1-3H3/t9-,10-/m1/s1. The summed E-state index contributed by atoms with van der Waals surface area (Å²) in [7, 11) is 4.01. The van der Waals surface area contributed by atoms with Crippen molar-refractivity contribution in [1.82, 2.24) is 9.34 Å². The third-order valence-corrected chi connectivity index (χ3v) is 5.60. The fourth-order valence-electron chi connectivity index (χ4n) is 2.74. The zero-order valence-corrected chi connectivity index (χ0v) is 10.3. The second-order valence-corrected chi connectivity index (χ2v) is 6.26. The largest absolute Gasteiger partial charge is 0.332 e. The van der Waals surface area contributed by atoms with Crippen LogP contribution >= 0.6 is 8.45 Å². The summed E-state index contributed by atoms with van der Waals surface area (Å²) in [5.74, 6) is 0. The summed E-state index contributed by atoms with van der Waals surface area (Å²) in [6.45, 7) is 2.92. The van der Waals surface area contributed by atoms with E-state index >= 15 is 0 Å². The predicted molar refractivity (Wildman–Crippen MR) is 60.1 cm³/mol. The summed E-state index contributed by atoms with van der Waals surface area (Å²) >= 11 is 0. The molecule has 1 aliphatic carbocycles. The van der Waals surface area contributed by atoms with Gasteiger partial charge in [-0.25, -0.2) is 9.34 Å². The Bertz CT molecular complexity index is 185. The Morgan fingerprint density at radius 3 is 2.07 bits per heavy atom. The summed E-state index contributed by atoms with van der Waals surface area (Å²) in [4.78, 5) is 0. The molecule has 0 N–H and O–H groups in total. The van der Waals surface area contributed by atoms with Crippen molar-refractivity contribution in [1.29, 1.82) is 0 Å². The van der Waals surface area contributed by atoms with E-state index in [1.165, 1.54) is 25.7 Å². The minimum absolute atomic E-state index is 0.451. The molecule has 2 rings (SSSR count). The topological polar surface area (TPSA) is 15.7 Å². The van der Waals surface area contributed by atoms with Crippen molar-refractivity contribution >= 4 is 8.45 Å². The zero-order chi connectivity index (χ0) is 10.1.